The summed E-state index contributed by atoms with van der Waals surface area (Å²) >= 11 is 5.19. The summed E-state index contributed by atoms with van der Waals surface area (Å²) in [5, 5.41) is 0. The Morgan fingerprint density at radius 3 is 2.50 bits per heavy atom. The maximum atomic E-state index is 9.93. The van der Waals surface area contributed by atoms with Crippen LogP contribution in [0, 0.1) is 0 Å². The van der Waals surface area contributed by atoms with Gasteiger partial charge in [-0.3, -0.25) is 4.55 Å². The Morgan fingerprint density at radius 2 is 2.20 bits per heavy atom. The Hall–Kier alpha value is 0.120. The van der Waals surface area contributed by atoms with Crippen molar-refractivity contribution >= 4 is 22.0 Å². The van der Waals surface area contributed by atoms with Crippen molar-refractivity contribution in [2.24, 2.45) is 5.73 Å². The first-order valence-electron chi connectivity index (χ1n) is 2.43. The van der Waals surface area contributed by atoms with Gasteiger partial charge in [0.05, 0.1) is 0 Å². The van der Waals surface area contributed by atoms with Gasteiger partial charge in [0.15, 0.2) is 0 Å². The lowest BCUT2D eigenvalue weighted by Gasteiger charge is -2.06. The number of alkyl halides is 1. The van der Waals surface area contributed by atoms with Gasteiger partial charge in [0.2, 0.25) is 0 Å². The largest absolute Gasteiger partial charge is 0.398 e. The molecule has 0 fully saturated rings. The number of hydrogen-bond acceptors (Lipinski definition) is 4. The van der Waals surface area contributed by atoms with Gasteiger partial charge >= 0.3 is 10.4 Å². The first kappa shape index (κ1) is 10.1. The van der Waals surface area contributed by atoms with E-state index in [1.807, 2.05) is 0 Å². The van der Waals surface area contributed by atoms with Gasteiger partial charge < -0.3 is 5.73 Å². The minimum absolute atomic E-state index is 0.168. The van der Waals surface area contributed by atoms with Crippen LogP contribution in [0.25, 0.3) is 0 Å². The Kier molecular flexibility index (Phi) is 4.14. The van der Waals surface area contributed by atoms with Crippen molar-refractivity contribution in [2.45, 2.75) is 12.6 Å². The van der Waals surface area contributed by atoms with E-state index in [0.717, 1.165) is 0 Å². The van der Waals surface area contributed by atoms with Gasteiger partial charge in [-0.2, -0.15) is 8.42 Å². The first-order chi connectivity index (χ1) is 4.45. The van der Waals surface area contributed by atoms with E-state index in [9.17, 15) is 8.42 Å². The van der Waals surface area contributed by atoms with Crippen molar-refractivity contribution in [1.29, 1.82) is 0 Å². The van der Waals surface area contributed by atoms with Crippen molar-refractivity contribution in [3.63, 3.8) is 0 Å². The zero-order chi connectivity index (χ0) is 8.20. The van der Waals surface area contributed by atoms with E-state index in [1.165, 1.54) is 0 Å². The smallest absolute Gasteiger partial charge is 0.305 e. The molecule has 0 radical (unpaired) electrons. The van der Waals surface area contributed by atoms with E-state index < -0.39 is 16.6 Å². The third-order valence-corrected chi connectivity index (χ3v) is 1.35. The maximum absolute atomic E-state index is 9.93. The minimum atomic E-state index is -4.43. The first-order valence-corrected chi connectivity index (χ1v) is 4.33. The molecule has 1 atom stereocenters. The normalized spacial score (nSPS) is 15.1. The molecule has 0 aromatic rings. The summed E-state index contributed by atoms with van der Waals surface area (Å²) in [7, 11) is -4.43. The van der Waals surface area contributed by atoms with Crippen LogP contribution >= 0.6 is 11.6 Å². The van der Waals surface area contributed by atoms with Crippen LogP contribution in [0.1, 0.15) is 6.42 Å². The van der Waals surface area contributed by atoms with E-state index in [-0.39, 0.29) is 12.3 Å². The summed E-state index contributed by atoms with van der Waals surface area (Å²) in [5.41, 5.74) is 5.02. The molecule has 0 amide bonds. The maximum Gasteiger partial charge on any atom is 0.398 e. The van der Waals surface area contributed by atoms with E-state index >= 15 is 0 Å². The van der Waals surface area contributed by atoms with Gasteiger partial charge in [-0.1, -0.05) is 0 Å². The highest BCUT2D eigenvalue weighted by Crippen LogP contribution is 1.96. The quantitative estimate of drug-likeness (QED) is 0.361. The summed E-state index contributed by atoms with van der Waals surface area (Å²) in [4.78, 5) is 0. The van der Waals surface area contributed by atoms with Crippen LogP contribution in [0.3, 0.4) is 0 Å². The number of nitrogens with two attached hydrogens (primary N) is 1. The lowest BCUT2D eigenvalue weighted by atomic mass is 10.4. The lowest BCUT2D eigenvalue weighted by molar-refractivity contribution is 0.185. The zero-order valence-corrected chi connectivity index (χ0v) is 6.60. The molecule has 0 aliphatic rings. The Balaban J connectivity index is 3.69. The van der Waals surface area contributed by atoms with E-state index in [1.54, 1.807) is 0 Å². The van der Waals surface area contributed by atoms with E-state index in [2.05, 4.69) is 4.18 Å². The number of halogens is 1. The molecule has 0 heterocycles. The molecule has 0 saturated heterocycles. The minimum Gasteiger partial charge on any atom is -0.305 e. The third kappa shape index (κ3) is 6.24. The predicted octanol–water partition coefficient (Wildman–Crippen LogP) is -0.281. The molecule has 0 aromatic carbocycles. The standard InChI is InChI=1S/C3H8ClNO4S/c4-2-1-3(5)9-10(6,7)8/h3H,1-2,5H2,(H,6,7,8). The van der Waals surface area contributed by atoms with E-state index in [4.69, 9.17) is 21.9 Å². The molecule has 0 spiro atoms. The van der Waals surface area contributed by atoms with Crippen molar-refractivity contribution in [3.8, 4) is 0 Å². The molecule has 10 heavy (non-hydrogen) atoms. The fraction of sp³-hybridized carbons (Fsp3) is 1.00. The van der Waals surface area contributed by atoms with Crippen molar-refractivity contribution < 1.29 is 17.2 Å². The second-order valence-electron chi connectivity index (χ2n) is 1.54. The van der Waals surface area contributed by atoms with Crippen LogP contribution in [-0.4, -0.2) is 25.1 Å². The Morgan fingerprint density at radius 1 is 1.70 bits per heavy atom. The average Bonchev–Trinajstić information content (AvgIpc) is 1.59. The highest BCUT2D eigenvalue weighted by molar-refractivity contribution is 7.80. The van der Waals surface area contributed by atoms with Gasteiger partial charge in [0.25, 0.3) is 0 Å². The molecule has 1 unspecified atom stereocenters. The summed E-state index contributed by atoms with van der Waals surface area (Å²) in [6.07, 6.45) is -0.894. The van der Waals surface area contributed by atoms with Crippen LogP contribution in [0.15, 0.2) is 0 Å². The predicted molar refractivity (Wildman–Crippen MR) is 35.9 cm³/mol. The molecule has 3 N–H and O–H groups in total. The van der Waals surface area contributed by atoms with Gasteiger partial charge in [-0.25, -0.2) is 4.18 Å². The van der Waals surface area contributed by atoms with Crippen molar-refractivity contribution in [1.82, 2.24) is 0 Å². The number of rotatable bonds is 4. The monoisotopic (exact) mass is 189 g/mol. The van der Waals surface area contributed by atoms with E-state index in [0.29, 0.717) is 0 Å². The van der Waals surface area contributed by atoms with Crippen LogP contribution < -0.4 is 5.73 Å². The van der Waals surface area contributed by atoms with Gasteiger partial charge in [-0.15, -0.1) is 11.6 Å². The van der Waals surface area contributed by atoms with Gasteiger partial charge in [0, 0.05) is 12.3 Å². The van der Waals surface area contributed by atoms with Crippen molar-refractivity contribution in [2.75, 3.05) is 5.88 Å². The third-order valence-electron chi connectivity index (χ3n) is 0.639. The molecule has 0 rings (SSSR count). The fourth-order valence-corrected chi connectivity index (χ4v) is 0.936. The molecule has 7 heteroatoms. The molecule has 0 aromatic heterocycles. The highest BCUT2D eigenvalue weighted by atomic mass is 35.5. The molecule has 0 aliphatic carbocycles. The Labute approximate surface area is 64.1 Å². The molecular formula is C3H8ClNO4S. The van der Waals surface area contributed by atoms with Crippen molar-refractivity contribution in [3.05, 3.63) is 0 Å². The molecule has 0 saturated carbocycles. The number of hydrogen-bond donors (Lipinski definition) is 2. The van der Waals surface area contributed by atoms with Crippen LogP contribution in [-0.2, 0) is 14.6 Å². The Bertz CT molecular complexity index is 179. The summed E-state index contributed by atoms with van der Waals surface area (Å²) < 4.78 is 31.8. The molecular weight excluding hydrogens is 182 g/mol. The van der Waals surface area contributed by atoms with Crippen LogP contribution in [0.5, 0.6) is 0 Å². The molecule has 5 nitrogen and oxygen atoms in total. The summed E-state index contributed by atoms with van der Waals surface area (Å²) in [6.45, 7) is 0. The molecule has 0 bridgehead atoms. The summed E-state index contributed by atoms with van der Waals surface area (Å²) in [5.74, 6) is 0.177. The molecule has 0 aliphatic heterocycles. The SMILES string of the molecule is NC(CCCl)OS(=O)(=O)O. The summed E-state index contributed by atoms with van der Waals surface area (Å²) in [6, 6.07) is 0. The highest BCUT2D eigenvalue weighted by Gasteiger charge is 2.10. The zero-order valence-electron chi connectivity index (χ0n) is 5.03. The topological polar surface area (TPSA) is 89.6 Å². The lowest BCUT2D eigenvalue weighted by Crippen LogP contribution is -2.27. The molecule has 62 valence electrons. The van der Waals surface area contributed by atoms with Crippen LogP contribution in [0.2, 0.25) is 0 Å². The fourth-order valence-electron chi connectivity index (χ4n) is 0.312. The second-order valence-corrected chi connectivity index (χ2v) is 2.97. The second kappa shape index (κ2) is 4.09. The van der Waals surface area contributed by atoms with Gasteiger partial charge in [0.1, 0.15) is 6.23 Å². The van der Waals surface area contributed by atoms with Crippen LogP contribution in [0.4, 0.5) is 0 Å². The average molecular weight is 190 g/mol. The van der Waals surface area contributed by atoms with Gasteiger partial charge in [-0.05, 0) is 0 Å².